The highest BCUT2D eigenvalue weighted by molar-refractivity contribution is 5.30. The van der Waals surface area contributed by atoms with Crippen LogP contribution in [0.3, 0.4) is 0 Å². The fourth-order valence-corrected chi connectivity index (χ4v) is 1.91. The minimum atomic E-state index is -0.797. The summed E-state index contributed by atoms with van der Waals surface area (Å²) in [4.78, 5) is 0. The highest BCUT2D eigenvalue weighted by atomic mass is 19.2. The molecule has 2 aromatic rings. The van der Waals surface area contributed by atoms with E-state index in [1.54, 1.807) is 6.07 Å². The molecule has 18 heavy (non-hydrogen) atoms. The molecule has 0 aromatic heterocycles. The second-order valence-corrected chi connectivity index (χ2v) is 4.82. The Balaban J connectivity index is 2.15. The molecule has 0 aliphatic rings. The molecule has 2 rings (SSSR count). The van der Waals surface area contributed by atoms with E-state index in [-0.39, 0.29) is 0 Å². The van der Waals surface area contributed by atoms with Gasteiger partial charge < -0.3 is 0 Å². The van der Waals surface area contributed by atoms with Crippen molar-refractivity contribution < 1.29 is 8.78 Å². The van der Waals surface area contributed by atoms with Crippen molar-refractivity contribution in [2.75, 3.05) is 0 Å². The molecule has 0 N–H and O–H groups in total. The van der Waals surface area contributed by atoms with Crippen LogP contribution in [-0.2, 0) is 6.42 Å². The van der Waals surface area contributed by atoms with Gasteiger partial charge in [-0.15, -0.1) is 0 Å². The Labute approximate surface area is 106 Å². The summed E-state index contributed by atoms with van der Waals surface area (Å²) < 4.78 is 25.9. The molecule has 2 aromatic carbocycles. The van der Waals surface area contributed by atoms with Crippen molar-refractivity contribution in [2.45, 2.75) is 26.2 Å². The average Bonchev–Trinajstić information content (AvgIpc) is 2.34. The van der Waals surface area contributed by atoms with Gasteiger partial charge in [0, 0.05) is 0 Å². The zero-order valence-electron chi connectivity index (χ0n) is 10.6. The topological polar surface area (TPSA) is 0 Å². The summed E-state index contributed by atoms with van der Waals surface area (Å²) in [7, 11) is 0. The van der Waals surface area contributed by atoms with Crippen LogP contribution in [0.15, 0.2) is 42.5 Å². The molecule has 0 atom stereocenters. The molecule has 0 bridgehead atoms. The lowest BCUT2D eigenvalue weighted by Gasteiger charge is -2.07. The van der Waals surface area contributed by atoms with E-state index in [1.807, 2.05) is 12.1 Å². The van der Waals surface area contributed by atoms with Crippen LogP contribution in [-0.4, -0.2) is 0 Å². The first-order valence-electron chi connectivity index (χ1n) is 6.09. The summed E-state index contributed by atoms with van der Waals surface area (Å²) in [5, 5.41) is 0. The van der Waals surface area contributed by atoms with Gasteiger partial charge in [-0.3, -0.25) is 0 Å². The molecule has 0 saturated heterocycles. The van der Waals surface area contributed by atoms with Crippen molar-refractivity contribution in [2.24, 2.45) is 0 Å². The molecule has 0 fully saturated rings. The fraction of sp³-hybridized carbons (Fsp3) is 0.250. The fourth-order valence-electron chi connectivity index (χ4n) is 1.91. The molecule has 0 heterocycles. The zero-order chi connectivity index (χ0) is 13.1. The summed E-state index contributed by atoms with van der Waals surface area (Å²) in [5.41, 5.74) is 3.17. The quantitative estimate of drug-likeness (QED) is 0.737. The van der Waals surface area contributed by atoms with E-state index in [2.05, 4.69) is 26.0 Å². The summed E-state index contributed by atoms with van der Waals surface area (Å²) in [5.74, 6) is -1.08. The Kier molecular flexibility index (Phi) is 3.75. The van der Waals surface area contributed by atoms with E-state index in [1.165, 1.54) is 17.7 Å². The maximum atomic E-state index is 13.1. The van der Waals surface area contributed by atoms with E-state index in [9.17, 15) is 8.78 Å². The van der Waals surface area contributed by atoms with Crippen LogP contribution in [0.5, 0.6) is 0 Å². The van der Waals surface area contributed by atoms with Crippen LogP contribution >= 0.6 is 0 Å². The first kappa shape index (κ1) is 12.7. The van der Waals surface area contributed by atoms with Crippen LogP contribution in [0.1, 0.15) is 36.5 Å². The molecule has 0 aliphatic carbocycles. The van der Waals surface area contributed by atoms with E-state index >= 15 is 0 Å². The monoisotopic (exact) mass is 246 g/mol. The number of hydrogen-bond acceptors (Lipinski definition) is 0. The molecule has 94 valence electrons. The van der Waals surface area contributed by atoms with Gasteiger partial charge >= 0.3 is 0 Å². The summed E-state index contributed by atoms with van der Waals surface area (Å²) in [6.07, 6.45) is 0.621. The molecular formula is C16H16F2. The highest BCUT2D eigenvalue weighted by Gasteiger charge is 2.04. The van der Waals surface area contributed by atoms with Gasteiger partial charge in [-0.25, -0.2) is 8.78 Å². The molecule has 0 nitrogen and oxygen atoms in total. The Morgan fingerprint density at radius 3 is 2.00 bits per heavy atom. The van der Waals surface area contributed by atoms with Crippen LogP contribution in [0.2, 0.25) is 0 Å². The molecule has 0 aliphatic heterocycles. The van der Waals surface area contributed by atoms with E-state index in [4.69, 9.17) is 0 Å². The predicted molar refractivity (Wildman–Crippen MR) is 69.7 cm³/mol. The number of halogens is 2. The maximum Gasteiger partial charge on any atom is 0.159 e. The van der Waals surface area contributed by atoms with Crippen LogP contribution in [0.4, 0.5) is 8.78 Å². The van der Waals surface area contributed by atoms with Gasteiger partial charge in [0.2, 0.25) is 0 Å². The summed E-state index contributed by atoms with van der Waals surface area (Å²) >= 11 is 0. The van der Waals surface area contributed by atoms with Crippen molar-refractivity contribution >= 4 is 0 Å². The van der Waals surface area contributed by atoms with Gasteiger partial charge in [-0.1, -0.05) is 44.2 Å². The van der Waals surface area contributed by atoms with Gasteiger partial charge in [0.25, 0.3) is 0 Å². The van der Waals surface area contributed by atoms with Crippen LogP contribution in [0, 0.1) is 11.6 Å². The Hall–Kier alpha value is -1.70. The minimum Gasteiger partial charge on any atom is -0.204 e. The third-order valence-corrected chi connectivity index (χ3v) is 3.04. The van der Waals surface area contributed by atoms with Gasteiger partial charge in [0.1, 0.15) is 0 Å². The predicted octanol–water partition coefficient (Wildman–Crippen LogP) is 4.68. The SMILES string of the molecule is CC(C)c1ccc(Cc2ccc(F)c(F)c2)cc1. The summed E-state index contributed by atoms with van der Waals surface area (Å²) in [6, 6.07) is 12.3. The van der Waals surface area contributed by atoms with Crippen molar-refractivity contribution in [3.8, 4) is 0 Å². The lowest BCUT2D eigenvalue weighted by Crippen LogP contribution is -1.93. The van der Waals surface area contributed by atoms with Crippen molar-refractivity contribution in [3.05, 3.63) is 70.8 Å². The number of benzene rings is 2. The number of rotatable bonds is 3. The second kappa shape index (κ2) is 5.30. The van der Waals surface area contributed by atoms with Crippen molar-refractivity contribution in [1.82, 2.24) is 0 Å². The lowest BCUT2D eigenvalue weighted by molar-refractivity contribution is 0.507. The largest absolute Gasteiger partial charge is 0.204 e. The third-order valence-electron chi connectivity index (χ3n) is 3.04. The van der Waals surface area contributed by atoms with E-state index < -0.39 is 11.6 Å². The second-order valence-electron chi connectivity index (χ2n) is 4.82. The average molecular weight is 246 g/mol. The molecule has 2 heteroatoms. The zero-order valence-corrected chi connectivity index (χ0v) is 10.6. The maximum absolute atomic E-state index is 13.1. The molecule has 0 saturated carbocycles. The van der Waals surface area contributed by atoms with Crippen molar-refractivity contribution in [1.29, 1.82) is 0 Å². The normalized spacial score (nSPS) is 10.9. The Bertz CT molecular complexity index is 527. The Morgan fingerprint density at radius 2 is 1.44 bits per heavy atom. The van der Waals surface area contributed by atoms with E-state index in [0.717, 1.165) is 11.1 Å². The molecule has 0 unspecified atom stereocenters. The lowest BCUT2D eigenvalue weighted by atomic mass is 9.99. The molecule has 0 spiro atoms. The Morgan fingerprint density at radius 1 is 0.833 bits per heavy atom. The van der Waals surface area contributed by atoms with Gasteiger partial charge in [-0.05, 0) is 41.2 Å². The molecular weight excluding hydrogens is 230 g/mol. The standard InChI is InChI=1S/C16H16F2/c1-11(2)14-6-3-12(4-7-14)9-13-5-8-15(17)16(18)10-13/h3-8,10-11H,9H2,1-2H3. The minimum absolute atomic E-state index is 0.502. The van der Waals surface area contributed by atoms with Crippen molar-refractivity contribution in [3.63, 3.8) is 0 Å². The van der Waals surface area contributed by atoms with Gasteiger partial charge in [0.15, 0.2) is 11.6 Å². The molecule has 0 radical (unpaired) electrons. The van der Waals surface area contributed by atoms with Crippen LogP contribution in [0.25, 0.3) is 0 Å². The number of hydrogen-bond donors (Lipinski definition) is 0. The third kappa shape index (κ3) is 2.95. The highest BCUT2D eigenvalue weighted by Crippen LogP contribution is 2.17. The van der Waals surface area contributed by atoms with Gasteiger partial charge in [0.05, 0.1) is 0 Å². The molecule has 0 amide bonds. The van der Waals surface area contributed by atoms with E-state index in [0.29, 0.717) is 12.3 Å². The van der Waals surface area contributed by atoms with Crippen LogP contribution < -0.4 is 0 Å². The van der Waals surface area contributed by atoms with Gasteiger partial charge in [-0.2, -0.15) is 0 Å². The smallest absolute Gasteiger partial charge is 0.159 e. The summed E-state index contributed by atoms with van der Waals surface area (Å²) in [6.45, 7) is 4.29. The first-order chi connectivity index (χ1) is 8.56. The first-order valence-corrected chi connectivity index (χ1v) is 6.09.